The van der Waals surface area contributed by atoms with Gasteiger partial charge in [0.15, 0.2) is 11.6 Å². The molecule has 1 amide bonds. The number of anilines is 1. The summed E-state index contributed by atoms with van der Waals surface area (Å²) in [6, 6.07) is 12.5. The molecule has 112 valence electrons. The van der Waals surface area contributed by atoms with E-state index in [4.69, 9.17) is 5.26 Å². The van der Waals surface area contributed by atoms with Crippen LogP contribution in [0.15, 0.2) is 47.4 Å². The molecule has 6 heteroatoms. The molecule has 0 aromatic heterocycles. The van der Waals surface area contributed by atoms with Gasteiger partial charge < -0.3 is 5.32 Å². The number of hydrogen-bond acceptors (Lipinski definition) is 3. The van der Waals surface area contributed by atoms with Crippen molar-refractivity contribution in [3.05, 3.63) is 59.7 Å². The van der Waals surface area contributed by atoms with Crippen LogP contribution in [0.1, 0.15) is 16.8 Å². The molecule has 0 saturated carbocycles. The lowest BCUT2D eigenvalue weighted by Crippen LogP contribution is -2.15. The van der Waals surface area contributed by atoms with E-state index in [2.05, 4.69) is 5.32 Å². The molecular formula is C16H12F2N2OS. The third-order valence-electron chi connectivity index (χ3n) is 2.80. The number of benzene rings is 2. The lowest BCUT2D eigenvalue weighted by Gasteiger charge is -2.10. The molecule has 2 aromatic carbocycles. The van der Waals surface area contributed by atoms with Crippen LogP contribution in [0.5, 0.6) is 0 Å². The first-order chi connectivity index (χ1) is 10.6. The van der Waals surface area contributed by atoms with Crippen molar-refractivity contribution in [2.75, 3.05) is 11.1 Å². The average molecular weight is 318 g/mol. The van der Waals surface area contributed by atoms with Gasteiger partial charge in [-0.1, -0.05) is 18.2 Å². The van der Waals surface area contributed by atoms with Crippen LogP contribution < -0.4 is 5.32 Å². The maximum atomic E-state index is 13.6. The SMILES string of the molecule is N#CCCSc1ccccc1NC(=O)c1cccc(F)c1F. The van der Waals surface area contributed by atoms with Gasteiger partial charge in [0.05, 0.1) is 17.3 Å². The molecule has 0 unspecified atom stereocenters. The van der Waals surface area contributed by atoms with Gasteiger partial charge in [-0.3, -0.25) is 4.79 Å². The van der Waals surface area contributed by atoms with Crippen molar-refractivity contribution in [3.8, 4) is 6.07 Å². The van der Waals surface area contributed by atoms with Gasteiger partial charge in [0.1, 0.15) is 0 Å². The Kier molecular flexibility index (Phi) is 5.50. The van der Waals surface area contributed by atoms with E-state index < -0.39 is 17.5 Å². The Morgan fingerprint density at radius 1 is 1.18 bits per heavy atom. The Morgan fingerprint density at radius 3 is 2.73 bits per heavy atom. The maximum Gasteiger partial charge on any atom is 0.258 e. The van der Waals surface area contributed by atoms with Crippen molar-refractivity contribution in [2.45, 2.75) is 11.3 Å². The number of halogens is 2. The number of nitrogens with zero attached hydrogens (tertiary/aromatic N) is 1. The van der Waals surface area contributed by atoms with Crippen LogP contribution in [0, 0.1) is 23.0 Å². The summed E-state index contributed by atoms with van der Waals surface area (Å²) in [5.41, 5.74) is 0.149. The summed E-state index contributed by atoms with van der Waals surface area (Å²) in [5, 5.41) is 11.1. The molecule has 0 aliphatic carbocycles. The number of nitriles is 1. The number of para-hydroxylation sites is 1. The molecule has 0 aliphatic rings. The van der Waals surface area contributed by atoms with Crippen LogP contribution in [0.25, 0.3) is 0 Å². The van der Waals surface area contributed by atoms with E-state index >= 15 is 0 Å². The van der Waals surface area contributed by atoms with Gasteiger partial charge >= 0.3 is 0 Å². The highest BCUT2D eigenvalue weighted by atomic mass is 32.2. The number of carbonyl (C=O) groups is 1. The van der Waals surface area contributed by atoms with E-state index in [0.717, 1.165) is 11.0 Å². The van der Waals surface area contributed by atoms with Gasteiger partial charge in [0, 0.05) is 17.1 Å². The van der Waals surface area contributed by atoms with Crippen LogP contribution in [0.4, 0.5) is 14.5 Å². The zero-order valence-corrected chi connectivity index (χ0v) is 12.3. The monoisotopic (exact) mass is 318 g/mol. The number of nitrogens with one attached hydrogen (secondary N) is 1. The quantitative estimate of drug-likeness (QED) is 0.663. The van der Waals surface area contributed by atoms with Crippen molar-refractivity contribution in [1.29, 1.82) is 5.26 Å². The van der Waals surface area contributed by atoms with Crippen molar-refractivity contribution >= 4 is 23.4 Å². The minimum Gasteiger partial charge on any atom is -0.321 e. The smallest absolute Gasteiger partial charge is 0.258 e. The van der Waals surface area contributed by atoms with Crippen molar-refractivity contribution in [3.63, 3.8) is 0 Å². The zero-order chi connectivity index (χ0) is 15.9. The highest BCUT2D eigenvalue weighted by Gasteiger charge is 2.16. The molecule has 0 spiro atoms. The van der Waals surface area contributed by atoms with Crippen molar-refractivity contribution in [1.82, 2.24) is 0 Å². The van der Waals surface area contributed by atoms with E-state index in [-0.39, 0.29) is 5.56 Å². The second kappa shape index (κ2) is 7.57. The van der Waals surface area contributed by atoms with Crippen molar-refractivity contribution in [2.24, 2.45) is 0 Å². The molecule has 0 aliphatic heterocycles. The van der Waals surface area contributed by atoms with Crippen LogP contribution >= 0.6 is 11.8 Å². The minimum absolute atomic E-state index is 0.350. The summed E-state index contributed by atoms with van der Waals surface area (Å²) in [7, 11) is 0. The molecule has 3 nitrogen and oxygen atoms in total. The number of thioether (sulfide) groups is 1. The molecule has 2 aromatic rings. The predicted octanol–water partition coefficient (Wildman–Crippen LogP) is 4.22. The Bertz CT molecular complexity index is 728. The standard InChI is InChI=1S/C16H12F2N2OS/c17-12-6-3-5-11(15(12)18)16(21)20-13-7-1-2-8-14(13)22-10-4-9-19/h1-3,5-8H,4,10H2,(H,20,21). The number of amides is 1. The van der Waals surface area contributed by atoms with E-state index in [1.807, 2.05) is 6.07 Å². The first-order valence-electron chi connectivity index (χ1n) is 6.47. The third-order valence-corrected chi connectivity index (χ3v) is 3.88. The van der Waals surface area contributed by atoms with E-state index in [0.29, 0.717) is 17.9 Å². The van der Waals surface area contributed by atoms with E-state index in [1.165, 1.54) is 23.9 Å². The van der Waals surface area contributed by atoms with Crippen molar-refractivity contribution < 1.29 is 13.6 Å². The molecule has 22 heavy (non-hydrogen) atoms. The van der Waals surface area contributed by atoms with E-state index in [1.54, 1.807) is 24.3 Å². The molecule has 0 atom stereocenters. The molecule has 1 N–H and O–H groups in total. The third kappa shape index (κ3) is 3.83. The highest BCUT2D eigenvalue weighted by Crippen LogP contribution is 2.28. The lowest BCUT2D eigenvalue weighted by molar-refractivity contribution is 0.102. The summed E-state index contributed by atoms with van der Waals surface area (Å²) in [6.45, 7) is 0. The fourth-order valence-electron chi connectivity index (χ4n) is 1.77. The summed E-state index contributed by atoms with van der Waals surface area (Å²) >= 11 is 1.41. The fourth-order valence-corrected chi connectivity index (χ4v) is 2.63. The Balaban J connectivity index is 2.18. The fraction of sp³-hybridized carbons (Fsp3) is 0.125. The van der Waals surface area contributed by atoms with Crippen LogP contribution in [0.3, 0.4) is 0 Å². The lowest BCUT2D eigenvalue weighted by atomic mass is 10.2. The summed E-state index contributed by atoms with van der Waals surface area (Å²) < 4.78 is 26.8. The minimum atomic E-state index is -1.17. The number of carbonyl (C=O) groups excluding carboxylic acids is 1. The van der Waals surface area contributed by atoms with Crippen LogP contribution in [-0.4, -0.2) is 11.7 Å². The molecule has 0 radical (unpaired) electrons. The van der Waals surface area contributed by atoms with Gasteiger partial charge in [0.2, 0.25) is 0 Å². The van der Waals surface area contributed by atoms with Gasteiger partial charge in [0.25, 0.3) is 5.91 Å². The molecular weight excluding hydrogens is 306 g/mol. The number of hydrogen-bond donors (Lipinski definition) is 1. The van der Waals surface area contributed by atoms with Gasteiger partial charge in [-0.05, 0) is 24.3 Å². The summed E-state index contributed by atoms with van der Waals surface area (Å²) in [5.74, 6) is -2.37. The Labute approximate surface area is 131 Å². The Hall–Kier alpha value is -2.39. The molecule has 0 bridgehead atoms. The Morgan fingerprint density at radius 2 is 1.95 bits per heavy atom. The zero-order valence-electron chi connectivity index (χ0n) is 11.5. The normalized spacial score (nSPS) is 10.0. The maximum absolute atomic E-state index is 13.6. The molecule has 2 rings (SSSR count). The van der Waals surface area contributed by atoms with E-state index in [9.17, 15) is 13.6 Å². The predicted molar refractivity (Wildman–Crippen MR) is 81.7 cm³/mol. The first kappa shape index (κ1) is 16.0. The van der Waals surface area contributed by atoms with Crippen LogP contribution in [-0.2, 0) is 0 Å². The molecule has 0 fully saturated rings. The van der Waals surface area contributed by atoms with Gasteiger partial charge in [-0.25, -0.2) is 8.78 Å². The average Bonchev–Trinajstić information content (AvgIpc) is 2.52. The number of rotatable bonds is 5. The molecule has 0 saturated heterocycles. The first-order valence-corrected chi connectivity index (χ1v) is 7.46. The highest BCUT2D eigenvalue weighted by molar-refractivity contribution is 7.99. The molecule has 0 heterocycles. The second-order valence-corrected chi connectivity index (χ2v) is 5.44. The topological polar surface area (TPSA) is 52.9 Å². The summed E-state index contributed by atoms with van der Waals surface area (Å²) in [4.78, 5) is 12.9. The van der Waals surface area contributed by atoms with Crippen LogP contribution in [0.2, 0.25) is 0 Å². The second-order valence-electron chi connectivity index (χ2n) is 4.31. The largest absolute Gasteiger partial charge is 0.321 e. The van der Waals surface area contributed by atoms with Gasteiger partial charge in [-0.2, -0.15) is 5.26 Å². The van der Waals surface area contributed by atoms with Gasteiger partial charge in [-0.15, -0.1) is 11.8 Å². The summed E-state index contributed by atoms with van der Waals surface area (Å²) in [6.07, 6.45) is 0.380.